The van der Waals surface area contributed by atoms with Crippen LogP contribution in [0.25, 0.3) is 0 Å². The number of para-hydroxylation sites is 1. The molecule has 0 spiro atoms. The molecule has 15 heavy (non-hydrogen) atoms. The van der Waals surface area contributed by atoms with Crippen molar-refractivity contribution in [2.75, 3.05) is 0 Å². The molecule has 0 radical (unpaired) electrons. The summed E-state index contributed by atoms with van der Waals surface area (Å²) in [4.78, 5) is 27.9. The van der Waals surface area contributed by atoms with Crippen LogP contribution in [0.3, 0.4) is 0 Å². The van der Waals surface area contributed by atoms with Crippen LogP contribution in [0.2, 0.25) is 0 Å². The second-order valence-corrected chi connectivity index (χ2v) is 2.50. The Bertz CT molecular complexity index is 377. The van der Waals surface area contributed by atoms with Crippen LogP contribution in [0.4, 0.5) is 10.5 Å². The molecule has 0 unspecified atom stereocenters. The molecular weight excluding hydrogens is 206 g/mol. The largest absolute Gasteiger partial charge is 0.537 e. The fraction of sp³-hybridized carbons (Fsp3) is 0.125. The molecule has 1 rings (SSSR count). The van der Waals surface area contributed by atoms with E-state index in [4.69, 9.17) is 5.11 Å². The van der Waals surface area contributed by atoms with Gasteiger partial charge in [0, 0.05) is 6.07 Å². The zero-order valence-electron chi connectivity index (χ0n) is 7.45. The smallest absolute Gasteiger partial charge is 0.448 e. The predicted octanol–water partition coefficient (Wildman–Crippen LogP) is 1.72. The first-order valence-electron chi connectivity index (χ1n) is 3.86. The molecule has 1 N–H and O–H groups in total. The highest BCUT2D eigenvalue weighted by atomic mass is 17.2. The minimum Gasteiger partial charge on any atom is -0.448 e. The number of nitrogens with zero attached hydrogens (tertiary/aromatic N) is 1. The normalized spacial score (nSPS) is 9.60. The van der Waals surface area contributed by atoms with Gasteiger partial charge in [0.05, 0.1) is 10.5 Å². The van der Waals surface area contributed by atoms with Crippen LogP contribution in [-0.2, 0) is 16.4 Å². The molecular formula is C8H7NO6. The monoisotopic (exact) mass is 213 g/mol. The number of nitro groups is 1. The molecule has 0 saturated heterocycles. The fourth-order valence-corrected chi connectivity index (χ4v) is 0.954. The molecule has 0 heterocycles. The lowest BCUT2D eigenvalue weighted by Crippen LogP contribution is -2.03. The molecule has 80 valence electrons. The third kappa shape index (κ3) is 3.24. The number of nitro benzene ring substituents is 1. The molecule has 7 heteroatoms. The third-order valence-corrected chi connectivity index (χ3v) is 1.53. The van der Waals surface area contributed by atoms with Crippen molar-refractivity contribution in [1.82, 2.24) is 0 Å². The van der Waals surface area contributed by atoms with Crippen LogP contribution in [0.5, 0.6) is 0 Å². The number of benzene rings is 1. The topological polar surface area (TPSA) is 98.9 Å². The van der Waals surface area contributed by atoms with Crippen LogP contribution >= 0.6 is 0 Å². The van der Waals surface area contributed by atoms with Crippen molar-refractivity contribution >= 4 is 11.8 Å². The van der Waals surface area contributed by atoms with E-state index in [2.05, 4.69) is 9.78 Å². The van der Waals surface area contributed by atoms with Gasteiger partial charge in [-0.3, -0.25) is 15.0 Å². The molecule has 0 atom stereocenters. The molecule has 0 bridgehead atoms. The lowest BCUT2D eigenvalue weighted by molar-refractivity contribution is -0.386. The Balaban J connectivity index is 2.67. The molecule has 7 nitrogen and oxygen atoms in total. The summed E-state index contributed by atoms with van der Waals surface area (Å²) in [6.07, 6.45) is -1.60. The van der Waals surface area contributed by atoms with Gasteiger partial charge < -0.3 is 5.11 Å². The van der Waals surface area contributed by atoms with Crippen LogP contribution in [0, 0.1) is 10.1 Å². The number of hydrogen-bond donors (Lipinski definition) is 1. The number of rotatable bonds is 4. The van der Waals surface area contributed by atoms with Gasteiger partial charge >= 0.3 is 6.16 Å². The lowest BCUT2D eigenvalue weighted by Gasteiger charge is -2.01. The van der Waals surface area contributed by atoms with E-state index in [0.717, 1.165) is 0 Å². The van der Waals surface area contributed by atoms with Crippen LogP contribution in [0.1, 0.15) is 5.56 Å². The average molecular weight is 213 g/mol. The van der Waals surface area contributed by atoms with E-state index >= 15 is 0 Å². The van der Waals surface area contributed by atoms with Crippen LogP contribution in [0.15, 0.2) is 24.3 Å². The van der Waals surface area contributed by atoms with E-state index < -0.39 is 11.1 Å². The molecule has 0 aliphatic rings. The van der Waals surface area contributed by atoms with Crippen molar-refractivity contribution in [2.24, 2.45) is 0 Å². The van der Waals surface area contributed by atoms with Crippen molar-refractivity contribution in [3.05, 3.63) is 39.9 Å². The molecule has 0 aromatic heterocycles. The van der Waals surface area contributed by atoms with E-state index in [9.17, 15) is 14.9 Å². The lowest BCUT2D eigenvalue weighted by atomic mass is 10.2. The maximum atomic E-state index is 10.5. The van der Waals surface area contributed by atoms with E-state index in [1.54, 1.807) is 6.07 Å². The summed E-state index contributed by atoms with van der Waals surface area (Å²) in [5, 5.41) is 18.6. The van der Waals surface area contributed by atoms with E-state index in [1.807, 2.05) is 0 Å². The van der Waals surface area contributed by atoms with Gasteiger partial charge in [-0.2, -0.15) is 4.89 Å². The summed E-state index contributed by atoms with van der Waals surface area (Å²) in [5.41, 5.74) is 0.0928. The van der Waals surface area contributed by atoms with Gasteiger partial charge in [-0.1, -0.05) is 12.1 Å². The quantitative estimate of drug-likeness (QED) is 0.464. The Morgan fingerprint density at radius 3 is 2.73 bits per heavy atom. The maximum absolute atomic E-state index is 10.5. The molecule has 1 aromatic carbocycles. The Labute approximate surface area is 83.9 Å². The SMILES string of the molecule is O=C(O)OOCc1ccccc1[N+](=O)[O-]. The third-order valence-electron chi connectivity index (χ3n) is 1.53. The van der Waals surface area contributed by atoms with E-state index in [0.29, 0.717) is 0 Å². The number of carbonyl (C=O) groups is 1. The van der Waals surface area contributed by atoms with Gasteiger partial charge in [-0.15, -0.1) is 0 Å². The second-order valence-electron chi connectivity index (χ2n) is 2.50. The highest BCUT2D eigenvalue weighted by molar-refractivity contribution is 5.55. The summed E-state index contributed by atoms with van der Waals surface area (Å²) < 4.78 is 0. The van der Waals surface area contributed by atoms with E-state index in [-0.39, 0.29) is 17.9 Å². The van der Waals surface area contributed by atoms with Crippen molar-refractivity contribution < 1.29 is 24.6 Å². The van der Waals surface area contributed by atoms with Gasteiger partial charge in [0.2, 0.25) is 0 Å². The summed E-state index contributed by atoms with van der Waals surface area (Å²) in [5.74, 6) is 0. The molecule has 0 fully saturated rings. The van der Waals surface area contributed by atoms with Gasteiger partial charge in [0.15, 0.2) is 0 Å². The van der Waals surface area contributed by atoms with Crippen molar-refractivity contribution in [3.8, 4) is 0 Å². The molecule has 1 aromatic rings. The zero-order chi connectivity index (χ0) is 11.3. The van der Waals surface area contributed by atoms with Crippen LogP contribution < -0.4 is 0 Å². The molecule has 0 saturated carbocycles. The van der Waals surface area contributed by atoms with Gasteiger partial charge in [-0.05, 0) is 6.07 Å². The summed E-state index contributed by atoms with van der Waals surface area (Å²) in [6.45, 7) is -0.302. The van der Waals surface area contributed by atoms with Gasteiger partial charge in [0.25, 0.3) is 5.69 Å². The number of hydrogen-bond acceptors (Lipinski definition) is 5. The Morgan fingerprint density at radius 2 is 2.13 bits per heavy atom. The van der Waals surface area contributed by atoms with Crippen LogP contribution in [-0.4, -0.2) is 16.2 Å². The zero-order valence-corrected chi connectivity index (χ0v) is 7.45. The van der Waals surface area contributed by atoms with Gasteiger partial charge in [-0.25, -0.2) is 4.79 Å². The standard InChI is InChI=1S/C8H7NO6/c10-8(11)15-14-5-6-3-1-2-4-7(6)9(12)13/h1-4H,5H2,(H,10,11). The second kappa shape index (κ2) is 4.91. The Hall–Kier alpha value is -2.15. The summed E-state index contributed by atoms with van der Waals surface area (Å²) in [7, 11) is 0. The van der Waals surface area contributed by atoms with E-state index in [1.165, 1.54) is 18.2 Å². The summed E-state index contributed by atoms with van der Waals surface area (Å²) in [6, 6.07) is 5.81. The number of carboxylic acid groups (broad SMARTS) is 1. The van der Waals surface area contributed by atoms with Crippen molar-refractivity contribution in [2.45, 2.75) is 6.61 Å². The molecule has 0 aliphatic heterocycles. The highest BCUT2D eigenvalue weighted by Crippen LogP contribution is 2.18. The predicted molar refractivity (Wildman–Crippen MR) is 47.0 cm³/mol. The first-order valence-corrected chi connectivity index (χ1v) is 3.86. The maximum Gasteiger partial charge on any atom is 0.537 e. The average Bonchev–Trinajstić information content (AvgIpc) is 2.17. The Morgan fingerprint density at radius 1 is 1.47 bits per heavy atom. The first kappa shape index (κ1) is 10.9. The van der Waals surface area contributed by atoms with Crippen molar-refractivity contribution in [3.63, 3.8) is 0 Å². The summed E-state index contributed by atoms with van der Waals surface area (Å²) >= 11 is 0. The fourth-order valence-electron chi connectivity index (χ4n) is 0.954. The minimum absolute atomic E-state index is 0.147. The highest BCUT2D eigenvalue weighted by Gasteiger charge is 2.13. The first-order chi connectivity index (χ1) is 7.11. The van der Waals surface area contributed by atoms with Gasteiger partial charge in [0.1, 0.15) is 6.61 Å². The molecule has 0 aliphatic carbocycles. The van der Waals surface area contributed by atoms with Crippen molar-refractivity contribution in [1.29, 1.82) is 0 Å². The minimum atomic E-state index is -1.60. The Kier molecular flexibility index (Phi) is 3.58. The molecule has 0 amide bonds.